The molecule has 0 spiro atoms. The average molecular weight is 347 g/mol. The molecule has 0 N–H and O–H groups in total. The highest BCUT2D eigenvalue weighted by atomic mass is 32.2. The number of ether oxygens (including phenoxy) is 1. The smallest absolute Gasteiger partial charge is 0.235 e. The van der Waals surface area contributed by atoms with Crippen molar-refractivity contribution >= 4 is 17.7 Å². The molecule has 0 saturated heterocycles. The van der Waals surface area contributed by atoms with Gasteiger partial charge in [-0.05, 0) is 30.2 Å². The van der Waals surface area contributed by atoms with Gasteiger partial charge in [0.05, 0.1) is 12.4 Å². The molecule has 0 aromatic heterocycles. The first kappa shape index (κ1) is 18.3. The second-order valence-corrected chi connectivity index (χ2v) is 6.93. The summed E-state index contributed by atoms with van der Waals surface area (Å²) in [5.74, 6) is 0.618. The normalized spacial score (nSPS) is 11.8. The Kier molecular flexibility index (Phi) is 6.67. The Hall–Kier alpha value is -2.01. The Balaban J connectivity index is 1.90. The van der Waals surface area contributed by atoms with Crippen molar-refractivity contribution in [2.75, 3.05) is 14.2 Å². The van der Waals surface area contributed by atoms with E-state index >= 15 is 0 Å². The second kappa shape index (κ2) is 8.73. The summed E-state index contributed by atoms with van der Waals surface area (Å²) in [6.07, 6.45) is 0. The zero-order chi connectivity index (χ0) is 17.5. The predicted molar refractivity (Wildman–Crippen MR) is 96.6 cm³/mol. The van der Waals surface area contributed by atoms with Crippen molar-refractivity contribution in [2.24, 2.45) is 0 Å². The molecule has 5 heteroatoms. The van der Waals surface area contributed by atoms with E-state index in [1.165, 1.54) is 18.7 Å². The van der Waals surface area contributed by atoms with Gasteiger partial charge in [-0.15, -0.1) is 11.8 Å². The first-order valence-electron chi connectivity index (χ1n) is 7.74. The van der Waals surface area contributed by atoms with E-state index in [1.54, 1.807) is 35.8 Å². The highest BCUT2D eigenvalue weighted by Crippen LogP contribution is 2.21. The Morgan fingerprint density at radius 2 is 1.92 bits per heavy atom. The molecule has 1 atom stereocenters. The first-order valence-corrected chi connectivity index (χ1v) is 8.79. The summed E-state index contributed by atoms with van der Waals surface area (Å²) in [5.41, 5.74) is 1.94. The number of hydrogen-bond donors (Lipinski definition) is 0. The summed E-state index contributed by atoms with van der Waals surface area (Å²) in [6.45, 7) is 2.27. The fourth-order valence-electron chi connectivity index (χ4n) is 2.34. The lowest BCUT2D eigenvalue weighted by molar-refractivity contribution is -0.129. The van der Waals surface area contributed by atoms with Gasteiger partial charge in [-0.25, -0.2) is 4.39 Å². The summed E-state index contributed by atoms with van der Waals surface area (Å²) >= 11 is 1.60. The van der Waals surface area contributed by atoms with Gasteiger partial charge in [-0.3, -0.25) is 4.79 Å². The summed E-state index contributed by atoms with van der Waals surface area (Å²) < 4.78 is 18.6. The minimum Gasteiger partial charge on any atom is -0.494 e. The van der Waals surface area contributed by atoms with E-state index in [4.69, 9.17) is 4.74 Å². The third-order valence-electron chi connectivity index (χ3n) is 3.70. The van der Waals surface area contributed by atoms with Crippen LogP contribution in [0.15, 0.2) is 48.5 Å². The monoisotopic (exact) mass is 347 g/mol. The molecule has 2 rings (SSSR count). The van der Waals surface area contributed by atoms with Crippen molar-refractivity contribution in [3.63, 3.8) is 0 Å². The van der Waals surface area contributed by atoms with Gasteiger partial charge in [0, 0.05) is 19.3 Å². The molecule has 0 aliphatic carbocycles. The number of hydrogen-bond acceptors (Lipinski definition) is 3. The van der Waals surface area contributed by atoms with Crippen LogP contribution >= 0.6 is 11.8 Å². The fourth-order valence-corrected chi connectivity index (χ4v) is 3.29. The standard InChI is InChI=1S/C19H22FNO2S/c1-14(24-13-15-7-5-4-6-8-15)19(22)21(2)12-16-9-10-18(23-3)17(20)11-16/h4-11,14H,12-13H2,1-3H3. The largest absolute Gasteiger partial charge is 0.494 e. The van der Waals surface area contributed by atoms with Crippen LogP contribution in [0, 0.1) is 5.82 Å². The molecule has 3 nitrogen and oxygen atoms in total. The third kappa shape index (κ3) is 4.99. The van der Waals surface area contributed by atoms with Crippen molar-refractivity contribution in [1.29, 1.82) is 0 Å². The topological polar surface area (TPSA) is 29.5 Å². The van der Waals surface area contributed by atoms with E-state index in [0.717, 1.165) is 11.3 Å². The van der Waals surface area contributed by atoms with Gasteiger partial charge in [0.2, 0.25) is 5.91 Å². The van der Waals surface area contributed by atoms with Gasteiger partial charge < -0.3 is 9.64 Å². The van der Waals surface area contributed by atoms with Crippen LogP contribution < -0.4 is 4.74 Å². The molecule has 0 aliphatic heterocycles. The highest BCUT2D eigenvalue weighted by Gasteiger charge is 2.18. The SMILES string of the molecule is COc1ccc(CN(C)C(=O)C(C)SCc2ccccc2)cc1F. The lowest BCUT2D eigenvalue weighted by Crippen LogP contribution is -2.32. The molecule has 0 saturated carbocycles. The van der Waals surface area contributed by atoms with E-state index in [1.807, 2.05) is 37.3 Å². The maximum Gasteiger partial charge on any atom is 0.235 e. The Morgan fingerprint density at radius 3 is 2.54 bits per heavy atom. The number of carbonyl (C=O) groups is 1. The number of thioether (sulfide) groups is 1. The van der Waals surface area contributed by atoms with E-state index in [2.05, 4.69) is 0 Å². The van der Waals surface area contributed by atoms with Gasteiger partial charge in [0.15, 0.2) is 11.6 Å². The lowest BCUT2D eigenvalue weighted by atomic mass is 10.2. The number of methoxy groups -OCH3 is 1. The fraction of sp³-hybridized carbons (Fsp3) is 0.316. The quantitative estimate of drug-likeness (QED) is 0.755. The van der Waals surface area contributed by atoms with Crippen LogP contribution in [0.1, 0.15) is 18.1 Å². The Labute approximate surface area is 146 Å². The van der Waals surface area contributed by atoms with Crippen LogP contribution in [0.25, 0.3) is 0 Å². The molecule has 1 amide bonds. The molecule has 0 radical (unpaired) electrons. The van der Waals surface area contributed by atoms with Crippen LogP contribution in [0.5, 0.6) is 5.75 Å². The van der Waals surface area contributed by atoms with E-state index < -0.39 is 5.82 Å². The lowest BCUT2D eigenvalue weighted by Gasteiger charge is -2.21. The molecule has 0 bridgehead atoms. The van der Waals surface area contributed by atoms with Crippen LogP contribution in [0.4, 0.5) is 4.39 Å². The van der Waals surface area contributed by atoms with Crippen LogP contribution in [-0.2, 0) is 17.1 Å². The minimum absolute atomic E-state index is 0.0344. The maximum atomic E-state index is 13.7. The number of halogens is 1. The summed E-state index contributed by atoms with van der Waals surface area (Å²) in [6, 6.07) is 14.8. The van der Waals surface area contributed by atoms with E-state index in [9.17, 15) is 9.18 Å². The zero-order valence-corrected chi connectivity index (χ0v) is 15.0. The third-order valence-corrected chi connectivity index (χ3v) is 4.90. The van der Waals surface area contributed by atoms with Crippen LogP contribution in [0.3, 0.4) is 0 Å². The molecule has 0 heterocycles. The van der Waals surface area contributed by atoms with Gasteiger partial charge in [0.25, 0.3) is 0 Å². The maximum absolute atomic E-state index is 13.7. The molecule has 2 aromatic carbocycles. The zero-order valence-electron chi connectivity index (χ0n) is 14.2. The summed E-state index contributed by atoms with van der Waals surface area (Å²) in [5, 5.41) is -0.154. The van der Waals surface area contributed by atoms with E-state index in [-0.39, 0.29) is 16.9 Å². The first-order chi connectivity index (χ1) is 11.5. The highest BCUT2D eigenvalue weighted by molar-refractivity contribution is 7.99. The minimum atomic E-state index is -0.414. The molecule has 0 aliphatic rings. The van der Waals surface area contributed by atoms with Crippen molar-refractivity contribution < 1.29 is 13.9 Å². The average Bonchev–Trinajstić information content (AvgIpc) is 2.60. The molecule has 0 fully saturated rings. The van der Waals surface area contributed by atoms with E-state index in [0.29, 0.717) is 6.54 Å². The number of nitrogens with zero attached hydrogens (tertiary/aromatic N) is 1. The molecular formula is C19H22FNO2S. The van der Waals surface area contributed by atoms with Crippen molar-refractivity contribution in [1.82, 2.24) is 4.90 Å². The second-order valence-electron chi connectivity index (χ2n) is 5.60. The summed E-state index contributed by atoms with van der Waals surface area (Å²) in [7, 11) is 3.17. The molecule has 128 valence electrons. The summed E-state index contributed by atoms with van der Waals surface area (Å²) in [4.78, 5) is 14.1. The van der Waals surface area contributed by atoms with Gasteiger partial charge in [-0.1, -0.05) is 36.4 Å². The van der Waals surface area contributed by atoms with Gasteiger partial charge >= 0.3 is 0 Å². The van der Waals surface area contributed by atoms with Crippen molar-refractivity contribution in [3.8, 4) is 5.75 Å². The number of carbonyl (C=O) groups excluding carboxylic acids is 1. The van der Waals surface area contributed by atoms with Crippen molar-refractivity contribution in [3.05, 3.63) is 65.5 Å². The molecule has 2 aromatic rings. The van der Waals surface area contributed by atoms with Crippen molar-refractivity contribution in [2.45, 2.75) is 24.5 Å². The molecular weight excluding hydrogens is 325 g/mol. The van der Waals surface area contributed by atoms with Crippen LogP contribution in [-0.4, -0.2) is 30.2 Å². The van der Waals surface area contributed by atoms with Gasteiger partial charge in [0.1, 0.15) is 0 Å². The number of rotatable bonds is 7. The van der Waals surface area contributed by atoms with Crippen LogP contribution in [0.2, 0.25) is 0 Å². The molecule has 24 heavy (non-hydrogen) atoms. The Morgan fingerprint density at radius 1 is 1.21 bits per heavy atom. The predicted octanol–water partition coefficient (Wildman–Crippen LogP) is 4.11. The number of benzene rings is 2. The molecule has 1 unspecified atom stereocenters. The number of amides is 1. The van der Waals surface area contributed by atoms with Gasteiger partial charge in [-0.2, -0.15) is 0 Å². The Bertz CT molecular complexity index is 678.